The van der Waals surface area contributed by atoms with Crippen LogP contribution in [0.1, 0.15) is 57.0 Å². The monoisotopic (exact) mass is 250 g/mol. The summed E-state index contributed by atoms with van der Waals surface area (Å²) in [5, 5.41) is 4.53. The van der Waals surface area contributed by atoms with Crippen LogP contribution in [0.2, 0.25) is 0 Å². The van der Waals surface area contributed by atoms with Gasteiger partial charge in [-0.2, -0.15) is 5.10 Å². The van der Waals surface area contributed by atoms with Crippen molar-refractivity contribution >= 4 is 0 Å². The summed E-state index contributed by atoms with van der Waals surface area (Å²) in [6.07, 6.45) is 6.15. The summed E-state index contributed by atoms with van der Waals surface area (Å²) in [5.41, 5.74) is 5.40. The van der Waals surface area contributed by atoms with Crippen molar-refractivity contribution in [3.05, 3.63) is 17.5 Å². The van der Waals surface area contributed by atoms with Crippen LogP contribution in [0.4, 0.5) is 0 Å². The Kier molecular flexibility index (Phi) is 4.40. The zero-order valence-corrected chi connectivity index (χ0v) is 11.8. The molecule has 0 radical (unpaired) electrons. The van der Waals surface area contributed by atoms with Gasteiger partial charge in [-0.05, 0) is 37.2 Å². The molecule has 1 aromatic heterocycles. The van der Waals surface area contributed by atoms with Gasteiger partial charge < -0.3 is 0 Å². The second-order valence-electron chi connectivity index (χ2n) is 5.70. The van der Waals surface area contributed by atoms with Crippen LogP contribution in [-0.4, -0.2) is 9.78 Å². The lowest BCUT2D eigenvalue weighted by molar-refractivity contribution is 0.226. The van der Waals surface area contributed by atoms with Gasteiger partial charge in [0.1, 0.15) is 0 Å². The molecule has 102 valence electrons. The Morgan fingerprint density at radius 1 is 1.44 bits per heavy atom. The molecule has 0 bridgehead atoms. The van der Waals surface area contributed by atoms with E-state index in [2.05, 4.69) is 30.4 Å². The highest BCUT2D eigenvalue weighted by Crippen LogP contribution is 2.36. The van der Waals surface area contributed by atoms with Gasteiger partial charge in [0.25, 0.3) is 0 Å². The molecule has 1 unspecified atom stereocenters. The van der Waals surface area contributed by atoms with Crippen molar-refractivity contribution in [3.63, 3.8) is 0 Å². The average molecular weight is 250 g/mol. The van der Waals surface area contributed by atoms with Crippen molar-refractivity contribution in [2.75, 3.05) is 0 Å². The summed E-state index contributed by atoms with van der Waals surface area (Å²) in [6, 6.07) is 2.44. The lowest BCUT2D eigenvalue weighted by Gasteiger charge is -2.32. The van der Waals surface area contributed by atoms with Gasteiger partial charge >= 0.3 is 0 Å². The maximum Gasteiger partial charge on any atom is 0.0657 e. The lowest BCUT2D eigenvalue weighted by atomic mass is 9.78. The fraction of sp³-hybridized carbons (Fsp3) is 0.786. The second-order valence-corrected chi connectivity index (χ2v) is 5.70. The molecule has 4 nitrogen and oxygen atoms in total. The molecule has 2 rings (SSSR count). The number of rotatable bonds is 4. The van der Waals surface area contributed by atoms with E-state index in [0.717, 1.165) is 18.0 Å². The number of nitrogens with one attached hydrogen (secondary N) is 1. The standard InChI is InChI=1S/C14H26N4/c1-4-12-9-13(18(3)17-12)14(16-15)11-7-5-10(2)6-8-11/h9-11,14,16H,4-8,15H2,1-3H3. The summed E-state index contributed by atoms with van der Waals surface area (Å²) in [5.74, 6) is 7.32. The van der Waals surface area contributed by atoms with E-state index < -0.39 is 0 Å². The third kappa shape index (κ3) is 2.75. The van der Waals surface area contributed by atoms with Gasteiger partial charge in [0.15, 0.2) is 0 Å². The molecular formula is C14H26N4. The largest absolute Gasteiger partial charge is 0.271 e. The quantitative estimate of drug-likeness (QED) is 0.637. The molecule has 0 amide bonds. The first-order chi connectivity index (χ1) is 8.65. The van der Waals surface area contributed by atoms with Crippen LogP contribution in [0, 0.1) is 11.8 Å². The smallest absolute Gasteiger partial charge is 0.0657 e. The van der Waals surface area contributed by atoms with Crippen molar-refractivity contribution in [1.29, 1.82) is 0 Å². The zero-order chi connectivity index (χ0) is 13.1. The van der Waals surface area contributed by atoms with E-state index in [1.807, 2.05) is 11.7 Å². The van der Waals surface area contributed by atoms with E-state index in [9.17, 15) is 0 Å². The molecule has 1 heterocycles. The third-order valence-corrected chi connectivity index (χ3v) is 4.36. The number of aryl methyl sites for hydroxylation is 2. The minimum absolute atomic E-state index is 0.246. The van der Waals surface area contributed by atoms with E-state index in [-0.39, 0.29) is 6.04 Å². The average Bonchev–Trinajstić information content (AvgIpc) is 2.74. The topological polar surface area (TPSA) is 55.9 Å². The van der Waals surface area contributed by atoms with E-state index in [1.54, 1.807) is 0 Å². The van der Waals surface area contributed by atoms with Gasteiger partial charge in [0.2, 0.25) is 0 Å². The Morgan fingerprint density at radius 2 is 2.11 bits per heavy atom. The lowest BCUT2D eigenvalue weighted by Crippen LogP contribution is -2.36. The van der Waals surface area contributed by atoms with Crippen molar-refractivity contribution in [2.45, 2.75) is 52.0 Å². The van der Waals surface area contributed by atoms with Crippen LogP contribution >= 0.6 is 0 Å². The molecular weight excluding hydrogens is 224 g/mol. The molecule has 3 N–H and O–H groups in total. The molecule has 4 heteroatoms. The highest BCUT2D eigenvalue weighted by atomic mass is 15.3. The summed E-state index contributed by atoms with van der Waals surface area (Å²) < 4.78 is 1.99. The molecule has 0 aliphatic heterocycles. The maximum absolute atomic E-state index is 5.80. The van der Waals surface area contributed by atoms with Crippen LogP contribution in [0.5, 0.6) is 0 Å². The number of aromatic nitrogens is 2. The Hall–Kier alpha value is -0.870. The van der Waals surface area contributed by atoms with Crippen LogP contribution in [0.15, 0.2) is 6.07 Å². The van der Waals surface area contributed by atoms with E-state index in [4.69, 9.17) is 5.84 Å². The summed E-state index contributed by atoms with van der Waals surface area (Å²) in [4.78, 5) is 0. The van der Waals surface area contributed by atoms with Gasteiger partial charge in [-0.15, -0.1) is 0 Å². The first-order valence-corrected chi connectivity index (χ1v) is 7.14. The van der Waals surface area contributed by atoms with Crippen molar-refractivity contribution in [1.82, 2.24) is 15.2 Å². The summed E-state index contributed by atoms with van der Waals surface area (Å²) >= 11 is 0. The Morgan fingerprint density at radius 3 is 2.61 bits per heavy atom. The fourth-order valence-electron chi connectivity index (χ4n) is 3.09. The maximum atomic E-state index is 5.80. The number of hydrazine groups is 1. The highest BCUT2D eigenvalue weighted by Gasteiger charge is 2.28. The SMILES string of the molecule is CCc1cc(C(NN)C2CCC(C)CC2)n(C)n1. The van der Waals surface area contributed by atoms with Crippen molar-refractivity contribution < 1.29 is 0 Å². The zero-order valence-electron chi connectivity index (χ0n) is 11.8. The van der Waals surface area contributed by atoms with Crippen LogP contribution in [0.3, 0.4) is 0 Å². The molecule has 18 heavy (non-hydrogen) atoms. The predicted octanol–water partition coefficient (Wildman–Crippen LogP) is 2.31. The molecule has 0 saturated heterocycles. The minimum Gasteiger partial charge on any atom is -0.271 e. The second kappa shape index (κ2) is 5.85. The van der Waals surface area contributed by atoms with E-state index in [1.165, 1.54) is 31.4 Å². The van der Waals surface area contributed by atoms with Gasteiger partial charge in [0, 0.05) is 7.05 Å². The van der Waals surface area contributed by atoms with Gasteiger partial charge in [0.05, 0.1) is 17.4 Å². The van der Waals surface area contributed by atoms with Gasteiger partial charge in [-0.1, -0.05) is 26.7 Å². The first kappa shape index (κ1) is 13.6. The van der Waals surface area contributed by atoms with Crippen LogP contribution in [0.25, 0.3) is 0 Å². The molecule has 1 aromatic rings. The number of nitrogens with zero attached hydrogens (tertiary/aromatic N) is 2. The normalized spacial score (nSPS) is 26.2. The fourth-order valence-corrected chi connectivity index (χ4v) is 3.09. The van der Waals surface area contributed by atoms with E-state index in [0.29, 0.717) is 5.92 Å². The molecule has 1 aliphatic rings. The Bertz CT molecular complexity index is 377. The molecule has 0 spiro atoms. The van der Waals surface area contributed by atoms with Crippen molar-refractivity contribution in [3.8, 4) is 0 Å². The predicted molar refractivity (Wildman–Crippen MR) is 73.8 cm³/mol. The van der Waals surface area contributed by atoms with Gasteiger partial charge in [-0.25, -0.2) is 0 Å². The Balaban J connectivity index is 2.14. The molecule has 1 atom stereocenters. The first-order valence-electron chi connectivity index (χ1n) is 7.14. The van der Waals surface area contributed by atoms with Gasteiger partial charge in [-0.3, -0.25) is 16.0 Å². The molecule has 1 saturated carbocycles. The van der Waals surface area contributed by atoms with Crippen molar-refractivity contribution in [2.24, 2.45) is 24.7 Å². The van der Waals surface area contributed by atoms with Crippen LogP contribution < -0.4 is 11.3 Å². The number of nitrogens with two attached hydrogens (primary N) is 1. The summed E-state index contributed by atoms with van der Waals surface area (Å²) in [6.45, 7) is 4.49. The molecule has 1 aliphatic carbocycles. The molecule has 1 fully saturated rings. The Labute approximate surface area is 110 Å². The van der Waals surface area contributed by atoms with Crippen LogP contribution in [-0.2, 0) is 13.5 Å². The van der Waals surface area contributed by atoms with E-state index >= 15 is 0 Å². The number of hydrogen-bond donors (Lipinski definition) is 2. The third-order valence-electron chi connectivity index (χ3n) is 4.36. The highest BCUT2D eigenvalue weighted by molar-refractivity contribution is 5.15. The molecule has 0 aromatic carbocycles. The summed E-state index contributed by atoms with van der Waals surface area (Å²) in [7, 11) is 2.02. The minimum atomic E-state index is 0.246. The number of hydrogen-bond acceptors (Lipinski definition) is 3.